The first-order chi connectivity index (χ1) is 13.3. The van der Waals surface area contributed by atoms with Gasteiger partial charge in [-0.25, -0.2) is 4.68 Å². The van der Waals surface area contributed by atoms with Gasteiger partial charge in [0.15, 0.2) is 5.69 Å². The van der Waals surface area contributed by atoms with Crippen LogP contribution in [0.1, 0.15) is 54.4 Å². The molecule has 0 aliphatic carbocycles. The topological polar surface area (TPSA) is 61.9 Å². The van der Waals surface area contributed by atoms with E-state index in [1.54, 1.807) is 23.1 Å². The smallest absolute Gasteiger partial charge is 0.337 e. The summed E-state index contributed by atoms with van der Waals surface area (Å²) in [5, 5.41) is 12.2. The van der Waals surface area contributed by atoms with E-state index in [2.05, 4.69) is 17.7 Å². The number of fused-ring (bicyclic) bond motifs is 1. The number of hydrogen-bond acceptors (Lipinski definition) is 3. The second-order valence-corrected chi connectivity index (χ2v) is 6.47. The van der Waals surface area contributed by atoms with Crippen molar-refractivity contribution < 1.29 is 18.0 Å². The Kier molecular flexibility index (Phi) is 7.21. The molecule has 1 amide bonds. The number of halogens is 3. The molecule has 1 aromatic heterocycles. The van der Waals surface area contributed by atoms with E-state index in [0.717, 1.165) is 17.5 Å². The highest BCUT2D eigenvalue weighted by Gasteiger charge is 2.42. The van der Waals surface area contributed by atoms with Gasteiger partial charge in [0, 0.05) is 25.1 Å². The van der Waals surface area contributed by atoms with Gasteiger partial charge in [-0.15, -0.1) is 0 Å². The summed E-state index contributed by atoms with van der Waals surface area (Å²) in [6, 6.07) is 2.07. The molecule has 150 valence electrons. The van der Waals surface area contributed by atoms with Crippen molar-refractivity contribution in [3.8, 4) is 6.07 Å². The van der Waals surface area contributed by atoms with Crippen LogP contribution in [0.5, 0.6) is 0 Å². The highest BCUT2D eigenvalue weighted by Crippen LogP contribution is 2.36. The van der Waals surface area contributed by atoms with Crippen LogP contribution in [0.2, 0.25) is 0 Å². The lowest BCUT2D eigenvalue weighted by molar-refractivity contribution is -0.142. The van der Waals surface area contributed by atoms with Crippen LogP contribution in [-0.2, 0) is 12.6 Å². The van der Waals surface area contributed by atoms with Crippen molar-refractivity contribution in [1.82, 2.24) is 14.7 Å². The maximum absolute atomic E-state index is 13.4. The Labute approximate surface area is 162 Å². The van der Waals surface area contributed by atoms with E-state index in [0.29, 0.717) is 19.4 Å². The maximum atomic E-state index is 13.4. The van der Waals surface area contributed by atoms with Gasteiger partial charge in [-0.2, -0.15) is 23.5 Å². The zero-order valence-corrected chi connectivity index (χ0v) is 15.8. The third-order valence-electron chi connectivity index (χ3n) is 4.45. The summed E-state index contributed by atoms with van der Waals surface area (Å²) < 4.78 is 41.3. The molecule has 8 heteroatoms. The van der Waals surface area contributed by atoms with E-state index < -0.39 is 17.8 Å². The van der Waals surface area contributed by atoms with Gasteiger partial charge >= 0.3 is 6.18 Å². The second kappa shape index (κ2) is 9.40. The zero-order chi connectivity index (χ0) is 20.7. The number of carbonyl (C=O) groups excluding carboxylic acids is 1. The molecule has 1 aromatic rings. The van der Waals surface area contributed by atoms with Crippen LogP contribution in [0.3, 0.4) is 0 Å². The molecule has 0 radical (unpaired) electrons. The van der Waals surface area contributed by atoms with Crippen molar-refractivity contribution in [2.24, 2.45) is 0 Å². The van der Waals surface area contributed by atoms with E-state index in [-0.39, 0.29) is 29.9 Å². The van der Waals surface area contributed by atoms with Crippen LogP contribution in [0.15, 0.2) is 30.9 Å². The summed E-state index contributed by atoms with van der Waals surface area (Å²) in [6.07, 6.45) is 4.77. The van der Waals surface area contributed by atoms with Crippen LogP contribution in [0.25, 0.3) is 5.70 Å². The van der Waals surface area contributed by atoms with Gasteiger partial charge in [0.25, 0.3) is 5.91 Å². The predicted molar refractivity (Wildman–Crippen MR) is 100 cm³/mol. The summed E-state index contributed by atoms with van der Waals surface area (Å²) in [6.45, 7) is 6.24. The zero-order valence-electron chi connectivity index (χ0n) is 15.8. The molecule has 1 aliphatic heterocycles. The number of carbonyl (C=O) groups is 1. The first-order valence-corrected chi connectivity index (χ1v) is 9.15. The average molecular weight is 392 g/mol. The molecule has 0 spiro atoms. The van der Waals surface area contributed by atoms with Crippen LogP contribution < -0.4 is 0 Å². The number of hydrogen-bond donors (Lipinski definition) is 0. The molecule has 0 bridgehead atoms. The third kappa shape index (κ3) is 4.91. The van der Waals surface area contributed by atoms with Crippen molar-refractivity contribution in [3.05, 3.63) is 47.8 Å². The number of unbranched alkanes of at least 4 members (excludes halogenated alkanes) is 3. The van der Waals surface area contributed by atoms with Crippen molar-refractivity contribution in [3.63, 3.8) is 0 Å². The van der Waals surface area contributed by atoms with Crippen molar-refractivity contribution in [1.29, 1.82) is 5.26 Å². The fourth-order valence-corrected chi connectivity index (χ4v) is 3.09. The van der Waals surface area contributed by atoms with Gasteiger partial charge in [-0.3, -0.25) is 4.79 Å². The molecule has 0 unspecified atom stereocenters. The Balaban J connectivity index is 2.30. The molecule has 2 rings (SSSR count). The summed E-state index contributed by atoms with van der Waals surface area (Å²) in [5.41, 5.74) is -0.969. The summed E-state index contributed by atoms with van der Waals surface area (Å²) in [5.74, 6) is -0.467. The highest BCUT2D eigenvalue weighted by atomic mass is 19.4. The predicted octanol–water partition coefficient (Wildman–Crippen LogP) is 4.59. The Morgan fingerprint density at radius 1 is 1.32 bits per heavy atom. The van der Waals surface area contributed by atoms with Gasteiger partial charge in [0.05, 0.1) is 11.8 Å². The fourth-order valence-electron chi connectivity index (χ4n) is 3.09. The molecular formula is C20H23F3N4O. The molecule has 5 nitrogen and oxygen atoms in total. The molecule has 0 N–H and O–H groups in total. The van der Waals surface area contributed by atoms with Crippen LogP contribution in [-0.4, -0.2) is 33.7 Å². The summed E-state index contributed by atoms with van der Waals surface area (Å²) >= 11 is 0. The van der Waals surface area contributed by atoms with Crippen LogP contribution >= 0.6 is 0 Å². The first-order valence-electron chi connectivity index (χ1n) is 9.15. The molecule has 28 heavy (non-hydrogen) atoms. The van der Waals surface area contributed by atoms with E-state index in [9.17, 15) is 18.0 Å². The fraction of sp³-hybridized carbons (Fsp3) is 0.450. The highest BCUT2D eigenvalue weighted by molar-refractivity contribution is 5.96. The molecule has 0 atom stereocenters. The number of amides is 1. The molecule has 0 saturated carbocycles. The molecular weight excluding hydrogens is 369 g/mol. The SMILES string of the molecule is C=C(/C=C\C=C/C)n1nc(C(F)(F)F)c2c1C(=O)N(CCCCCC#N)CC2. The third-order valence-corrected chi connectivity index (χ3v) is 4.45. The minimum atomic E-state index is -4.64. The number of nitrogens with zero attached hydrogens (tertiary/aromatic N) is 4. The van der Waals surface area contributed by atoms with E-state index in [1.165, 1.54) is 6.08 Å². The first kappa shape index (κ1) is 21.5. The van der Waals surface area contributed by atoms with E-state index in [4.69, 9.17) is 5.26 Å². The van der Waals surface area contributed by atoms with Crippen molar-refractivity contribution >= 4 is 11.6 Å². The second-order valence-electron chi connectivity index (χ2n) is 6.47. The molecule has 0 saturated heterocycles. The number of aromatic nitrogens is 2. The van der Waals surface area contributed by atoms with Gasteiger partial charge in [0.1, 0.15) is 5.69 Å². The van der Waals surface area contributed by atoms with E-state index >= 15 is 0 Å². The number of allylic oxidation sites excluding steroid dienone is 5. The Morgan fingerprint density at radius 3 is 2.71 bits per heavy atom. The molecule has 0 fully saturated rings. The van der Waals surface area contributed by atoms with Gasteiger partial charge in [-0.05, 0) is 32.3 Å². The Hall–Kier alpha value is -2.82. The average Bonchev–Trinajstić information content (AvgIpc) is 3.04. The van der Waals surface area contributed by atoms with Crippen molar-refractivity contribution in [2.45, 2.75) is 45.2 Å². The monoisotopic (exact) mass is 392 g/mol. The largest absolute Gasteiger partial charge is 0.435 e. The lowest BCUT2D eigenvalue weighted by Gasteiger charge is -2.28. The lowest BCUT2D eigenvalue weighted by atomic mass is 10.0. The normalized spacial score (nSPS) is 14.7. The molecule has 0 aromatic carbocycles. The maximum Gasteiger partial charge on any atom is 0.435 e. The Morgan fingerprint density at radius 2 is 2.07 bits per heavy atom. The Bertz CT molecular complexity index is 828. The van der Waals surface area contributed by atoms with Crippen LogP contribution in [0, 0.1) is 11.3 Å². The standard InChI is InChI=1S/C20H23F3N4O/c1-3-4-7-10-15(2)27-17-16(18(25-27)20(21,22)23)11-14-26(19(17)28)13-9-6-5-8-12-24/h3-4,7,10H,2,5-6,8-9,11,13-14H2,1H3/b4-3-,10-7-. The minimum Gasteiger partial charge on any atom is -0.337 e. The minimum absolute atomic E-state index is 0.0641. The molecule has 1 aliphatic rings. The quantitative estimate of drug-likeness (QED) is 0.480. The van der Waals surface area contributed by atoms with E-state index in [1.807, 2.05) is 6.92 Å². The van der Waals surface area contributed by atoms with Gasteiger partial charge in [-0.1, -0.05) is 31.2 Å². The molecule has 2 heterocycles. The number of nitriles is 1. The summed E-state index contributed by atoms with van der Waals surface area (Å²) in [4.78, 5) is 14.4. The number of alkyl halides is 3. The van der Waals surface area contributed by atoms with Crippen LogP contribution in [0.4, 0.5) is 13.2 Å². The van der Waals surface area contributed by atoms with Crippen molar-refractivity contribution in [2.75, 3.05) is 13.1 Å². The lowest BCUT2D eigenvalue weighted by Crippen LogP contribution is -2.39. The summed E-state index contributed by atoms with van der Waals surface area (Å²) in [7, 11) is 0. The van der Waals surface area contributed by atoms with Gasteiger partial charge in [0.2, 0.25) is 0 Å². The van der Waals surface area contributed by atoms with Gasteiger partial charge < -0.3 is 4.90 Å². The number of rotatable bonds is 8.